The Morgan fingerprint density at radius 2 is 2.05 bits per heavy atom. The van der Waals surface area contributed by atoms with Crippen molar-refractivity contribution in [1.29, 1.82) is 0 Å². The minimum absolute atomic E-state index is 0.157. The summed E-state index contributed by atoms with van der Waals surface area (Å²) in [6, 6.07) is 6.39. The molecule has 0 saturated heterocycles. The first kappa shape index (κ1) is 15.6. The summed E-state index contributed by atoms with van der Waals surface area (Å²) in [4.78, 5) is 23.1. The Kier molecular flexibility index (Phi) is 5.89. The molecule has 1 aromatic carbocycles. The van der Waals surface area contributed by atoms with Crippen molar-refractivity contribution in [3.8, 4) is 0 Å². The third-order valence-electron chi connectivity index (χ3n) is 2.72. The van der Waals surface area contributed by atoms with E-state index in [0.717, 1.165) is 11.3 Å². The molecule has 1 atom stereocenters. The summed E-state index contributed by atoms with van der Waals surface area (Å²) >= 11 is 1.67. The lowest BCUT2D eigenvalue weighted by molar-refractivity contribution is -0.140. The molecule has 1 aromatic rings. The average Bonchev–Trinajstić information content (AvgIpc) is 2.35. The zero-order valence-electron chi connectivity index (χ0n) is 11.3. The van der Waals surface area contributed by atoms with Gasteiger partial charge in [-0.15, -0.1) is 0 Å². The molecule has 104 valence electrons. The number of carboxylic acid groups (broad SMARTS) is 1. The van der Waals surface area contributed by atoms with Crippen molar-refractivity contribution < 1.29 is 14.7 Å². The predicted octanol–water partition coefficient (Wildman–Crippen LogP) is 2.39. The summed E-state index contributed by atoms with van der Waals surface area (Å²) in [7, 11) is 0. The normalized spacial score (nSPS) is 12.2. The summed E-state index contributed by atoms with van der Waals surface area (Å²) in [5.74, 6) is -0.684. The number of thioether (sulfide) groups is 1. The highest BCUT2D eigenvalue weighted by molar-refractivity contribution is 7.97. The van der Waals surface area contributed by atoms with Crippen LogP contribution < -0.4 is 5.32 Å². The third kappa shape index (κ3) is 4.59. The van der Waals surface area contributed by atoms with Crippen LogP contribution in [-0.4, -0.2) is 29.3 Å². The number of rotatable bonds is 6. The first-order chi connectivity index (χ1) is 8.95. The van der Waals surface area contributed by atoms with E-state index < -0.39 is 12.0 Å². The van der Waals surface area contributed by atoms with Crippen LogP contribution in [0.2, 0.25) is 0 Å². The van der Waals surface area contributed by atoms with Gasteiger partial charge in [-0.3, -0.25) is 4.79 Å². The van der Waals surface area contributed by atoms with Gasteiger partial charge in [0.15, 0.2) is 0 Å². The molecule has 0 bridgehead atoms. The topological polar surface area (TPSA) is 66.4 Å². The van der Waals surface area contributed by atoms with Gasteiger partial charge in [-0.05, 0) is 29.9 Å². The Labute approximate surface area is 117 Å². The molecular weight excluding hydrogens is 262 g/mol. The number of nitrogens with one attached hydrogen (secondary N) is 1. The largest absolute Gasteiger partial charge is 0.480 e. The molecule has 5 heteroatoms. The SMILES string of the molecule is CSCc1cccc(C(=O)NC(C(=O)O)C(C)C)c1. The fraction of sp³-hybridized carbons (Fsp3) is 0.429. The predicted molar refractivity (Wildman–Crippen MR) is 77.4 cm³/mol. The molecule has 0 fully saturated rings. The van der Waals surface area contributed by atoms with Gasteiger partial charge in [-0.25, -0.2) is 4.79 Å². The molecule has 0 radical (unpaired) electrons. The number of carbonyl (C=O) groups is 2. The molecule has 1 amide bonds. The van der Waals surface area contributed by atoms with E-state index in [2.05, 4.69) is 5.32 Å². The van der Waals surface area contributed by atoms with E-state index in [-0.39, 0.29) is 11.8 Å². The molecule has 19 heavy (non-hydrogen) atoms. The minimum Gasteiger partial charge on any atom is -0.480 e. The standard InChI is InChI=1S/C14H19NO3S/c1-9(2)12(14(17)18)15-13(16)11-6-4-5-10(7-11)8-19-3/h4-7,9,12H,8H2,1-3H3,(H,15,16)(H,17,18). The van der Waals surface area contributed by atoms with Crippen LogP contribution in [0.15, 0.2) is 24.3 Å². The summed E-state index contributed by atoms with van der Waals surface area (Å²) in [5, 5.41) is 11.6. The van der Waals surface area contributed by atoms with Gasteiger partial charge < -0.3 is 10.4 Å². The maximum absolute atomic E-state index is 12.0. The smallest absolute Gasteiger partial charge is 0.326 e. The van der Waals surface area contributed by atoms with Crippen LogP contribution in [0.1, 0.15) is 29.8 Å². The van der Waals surface area contributed by atoms with E-state index >= 15 is 0 Å². The van der Waals surface area contributed by atoms with E-state index in [1.807, 2.05) is 18.4 Å². The van der Waals surface area contributed by atoms with Gasteiger partial charge in [0.05, 0.1) is 0 Å². The summed E-state index contributed by atoms with van der Waals surface area (Å²) in [6.45, 7) is 3.53. The molecule has 0 heterocycles. The number of carbonyl (C=O) groups excluding carboxylic acids is 1. The molecule has 0 aliphatic carbocycles. The van der Waals surface area contributed by atoms with Crippen LogP contribution >= 0.6 is 11.8 Å². The molecule has 1 unspecified atom stereocenters. The molecule has 2 N–H and O–H groups in total. The molecular formula is C14H19NO3S. The first-order valence-corrected chi connectivity index (χ1v) is 7.46. The fourth-order valence-electron chi connectivity index (χ4n) is 1.71. The van der Waals surface area contributed by atoms with E-state index in [4.69, 9.17) is 5.11 Å². The lowest BCUT2D eigenvalue weighted by atomic mass is 10.0. The summed E-state index contributed by atoms with van der Waals surface area (Å²) in [6.07, 6.45) is 1.99. The van der Waals surface area contributed by atoms with Crippen LogP contribution in [0.4, 0.5) is 0 Å². The van der Waals surface area contributed by atoms with Gasteiger partial charge in [-0.1, -0.05) is 26.0 Å². The van der Waals surface area contributed by atoms with Gasteiger partial charge in [0.25, 0.3) is 5.91 Å². The average molecular weight is 281 g/mol. The highest BCUT2D eigenvalue weighted by Crippen LogP contribution is 2.12. The van der Waals surface area contributed by atoms with E-state index in [1.54, 1.807) is 37.7 Å². The number of carboxylic acids is 1. The maximum Gasteiger partial charge on any atom is 0.326 e. The number of amides is 1. The molecule has 0 spiro atoms. The molecule has 1 rings (SSSR count). The van der Waals surface area contributed by atoms with Crippen LogP contribution in [0.3, 0.4) is 0 Å². The van der Waals surface area contributed by atoms with E-state index in [1.165, 1.54) is 0 Å². The Balaban J connectivity index is 2.82. The second kappa shape index (κ2) is 7.19. The van der Waals surface area contributed by atoms with Crippen LogP contribution in [0.25, 0.3) is 0 Å². The lowest BCUT2D eigenvalue weighted by Crippen LogP contribution is -2.44. The fourth-order valence-corrected chi connectivity index (χ4v) is 2.22. The monoisotopic (exact) mass is 281 g/mol. The number of aliphatic carboxylic acids is 1. The second-order valence-corrected chi connectivity index (χ2v) is 5.53. The van der Waals surface area contributed by atoms with Crippen molar-refractivity contribution >= 4 is 23.6 Å². The van der Waals surface area contributed by atoms with Gasteiger partial charge in [0.2, 0.25) is 0 Å². The second-order valence-electron chi connectivity index (χ2n) is 4.67. The third-order valence-corrected chi connectivity index (χ3v) is 3.34. The molecule has 0 aliphatic rings. The Morgan fingerprint density at radius 1 is 1.37 bits per heavy atom. The summed E-state index contributed by atoms with van der Waals surface area (Å²) in [5.41, 5.74) is 1.55. The first-order valence-electron chi connectivity index (χ1n) is 6.07. The van der Waals surface area contributed by atoms with Crippen molar-refractivity contribution in [2.75, 3.05) is 6.26 Å². The maximum atomic E-state index is 12.0. The van der Waals surface area contributed by atoms with Crippen molar-refractivity contribution in [2.24, 2.45) is 5.92 Å². The zero-order valence-corrected chi connectivity index (χ0v) is 12.2. The van der Waals surface area contributed by atoms with Crippen LogP contribution in [0, 0.1) is 5.92 Å². The van der Waals surface area contributed by atoms with E-state index in [0.29, 0.717) is 5.56 Å². The molecule has 0 aliphatic heterocycles. The van der Waals surface area contributed by atoms with Gasteiger partial charge in [-0.2, -0.15) is 11.8 Å². The quantitative estimate of drug-likeness (QED) is 0.840. The molecule has 0 aromatic heterocycles. The van der Waals surface area contributed by atoms with Crippen molar-refractivity contribution in [3.63, 3.8) is 0 Å². The van der Waals surface area contributed by atoms with Gasteiger partial charge >= 0.3 is 5.97 Å². The minimum atomic E-state index is -1.01. The number of hydrogen-bond donors (Lipinski definition) is 2. The van der Waals surface area contributed by atoms with E-state index in [9.17, 15) is 9.59 Å². The number of hydrogen-bond acceptors (Lipinski definition) is 3. The van der Waals surface area contributed by atoms with Crippen LogP contribution in [-0.2, 0) is 10.5 Å². The molecule has 0 saturated carbocycles. The van der Waals surface area contributed by atoms with Crippen molar-refractivity contribution in [3.05, 3.63) is 35.4 Å². The Bertz CT molecular complexity index is 460. The lowest BCUT2D eigenvalue weighted by Gasteiger charge is -2.18. The Morgan fingerprint density at radius 3 is 2.58 bits per heavy atom. The number of benzene rings is 1. The highest BCUT2D eigenvalue weighted by Gasteiger charge is 2.23. The van der Waals surface area contributed by atoms with Crippen LogP contribution in [0.5, 0.6) is 0 Å². The summed E-state index contributed by atoms with van der Waals surface area (Å²) < 4.78 is 0. The molecule has 4 nitrogen and oxygen atoms in total. The van der Waals surface area contributed by atoms with Gasteiger partial charge in [0.1, 0.15) is 6.04 Å². The van der Waals surface area contributed by atoms with Crippen molar-refractivity contribution in [1.82, 2.24) is 5.32 Å². The highest BCUT2D eigenvalue weighted by atomic mass is 32.2. The van der Waals surface area contributed by atoms with Gasteiger partial charge in [0, 0.05) is 11.3 Å². The Hall–Kier alpha value is -1.49. The van der Waals surface area contributed by atoms with Crippen molar-refractivity contribution in [2.45, 2.75) is 25.6 Å². The zero-order chi connectivity index (χ0) is 14.4.